The highest BCUT2D eigenvalue weighted by Crippen LogP contribution is 2.32. The van der Waals surface area contributed by atoms with Crippen LogP contribution in [0.2, 0.25) is 5.02 Å². The van der Waals surface area contributed by atoms with Gasteiger partial charge in [0, 0.05) is 23.2 Å². The first-order chi connectivity index (χ1) is 18.9. The van der Waals surface area contributed by atoms with Gasteiger partial charge in [-0.25, -0.2) is 0 Å². The van der Waals surface area contributed by atoms with E-state index in [0.29, 0.717) is 23.0 Å². The van der Waals surface area contributed by atoms with Crippen LogP contribution in [-0.4, -0.2) is 25.0 Å². The number of carbonyl (C=O) groups excluding carboxylic acids is 2. The molecule has 0 heterocycles. The van der Waals surface area contributed by atoms with E-state index >= 15 is 0 Å². The van der Waals surface area contributed by atoms with Gasteiger partial charge in [0.25, 0.3) is 0 Å². The van der Waals surface area contributed by atoms with E-state index in [-0.39, 0.29) is 24.3 Å². The number of carbonyl (C=O) groups is 2. The minimum atomic E-state index is -0.813. The van der Waals surface area contributed by atoms with Crippen molar-refractivity contribution in [3.8, 4) is 5.75 Å². The van der Waals surface area contributed by atoms with E-state index in [4.69, 9.17) is 16.3 Å². The molecule has 1 aliphatic carbocycles. The molecule has 0 saturated heterocycles. The van der Waals surface area contributed by atoms with Crippen molar-refractivity contribution in [2.45, 2.75) is 76.8 Å². The Hall–Kier alpha value is -3.31. The number of nitrogens with one attached hydrogen (secondary N) is 1. The third-order valence-corrected chi connectivity index (χ3v) is 7.76. The van der Waals surface area contributed by atoms with Crippen LogP contribution in [0.4, 0.5) is 5.69 Å². The molecule has 1 fully saturated rings. The number of amides is 2. The standard InChI is InChI=1S/C33H39ClN2O3/c1-23(2)25-15-19-29(20-16-25)36(31(37)21-12-24-8-7-11-30(22-24)39-3)32(26-13-17-27(34)18-14-26)33(38)35-28-9-5-4-6-10-28/h7-8,11,13-20,22-23,28,32H,4-6,9-10,12,21H2,1-3H3,(H,35,38). The van der Waals surface area contributed by atoms with E-state index in [0.717, 1.165) is 42.6 Å². The molecule has 0 aromatic heterocycles. The van der Waals surface area contributed by atoms with E-state index < -0.39 is 6.04 Å². The van der Waals surface area contributed by atoms with Crippen molar-refractivity contribution in [1.29, 1.82) is 0 Å². The Balaban J connectivity index is 1.70. The molecule has 3 aromatic carbocycles. The van der Waals surface area contributed by atoms with Gasteiger partial charge in [0.1, 0.15) is 11.8 Å². The molecule has 0 bridgehead atoms. The highest BCUT2D eigenvalue weighted by Gasteiger charge is 2.34. The second-order valence-electron chi connectivity index (χ2n) is 10.7. The third-order valence-electron chi connectivity index (χ3n) is 7.51. The lowest BCUT2D eigenvalue weighted by atomic mass is 9.94. The quantitative estimate of drug-likeness (QED) is 0.284. The van der Waals surface area contributed by atoms with Crippen molar-refractivity contribution in [3.63, 3.8) is 0 Å². The Morgan fingerprint density at radius 2 is 1.62 bits per heavy atom. The molecule has 3 aromatic rings. The smallest absolute Gasteiger partial charge is 0.248 e. The molecule has 2 amide bonds. The molecule has 0 aliphatic heterocycles. The molecule has 39 heavy (non-hydrogen) atoms. The zero-order valence-corrected chi connectivity index (χ0v) is 23.9. The molecule has 1 unspecified atom stereocenters. The first kappa shape index (κ1) is 28.7. The summed E-state index contributed by atoms with van der Waals surface area (Å²) in [4.78, 5) is 29.7. The summed E-state index contributed by atoms with van der Waals surface area (Å²) in [5, 5.41) is 3.86. The van der Waals surface area contributed by atoms with Crippen LogP contribution in [0.3, 0.4) is 0 Å². The fraction of sp³-hybridized carbons (Fsp3) is 0.394. The molecule has 5 nitrogen and oxygen atoms in total. The van der Waals surface area contributed by atoms with E-state index in [1.165, 1.54) is 12.0 Å². The third kappa shape index (κ3) is 7.63. The second-order valence-corrected chi connectivity index (χ2v) is 11.1. The zero-order valence-electron chi connectivity index (χ0n) is 23.2. The van der Waals surface area contributed by atoms with Crippen molar-refractivity contribution in [1.82, 2.24) is 5.32 Å². The maximum Gasteiger partial charge on any atom is 0.248 e. The molecule has 0 radical (unpaired) electrons. The van der Waals surface area contributed by atoms with E-state index in [1.807, 2.05) is 60.7 Å². The first-order valence-corrected chi connectivity index (χ1v) is 14.3. The molecule has 1 saturated carbocycles. The van der Waals surface area contributed by atoms with Crippen LogP contribution in [-0.2, 0) is 16.0 Å². The summed E-state index contributed by atoms with van der Waals surface area (Å²) in [6.45, 7) is 4.28. The fourth-order valence-corrected chi connectivity index (χ4v) is 5.37. The van der Waals surface area contributed by atoms with Gasteiger partial charge >= 0.3 is 0 Å². The van der Waals surface area contributed by atoms with Crippen LogP contribution in [0, 0.1) is 0 Å². The number of aryl methyl sites for hydroxylation is 1. The second kappa shape index (κ2) is 13.7. The van der Waals surface area contributed by atoms with E-state index in [9.17, 15) is 9.59 Å². The molecule has 206 valence electrons. The van der Waals surface area contributed by atoms with Gasteiger partial charge in [-0.05, 0) is 78.3 Å². The Kier molecular flexibility index (Phi) is 10.0. The minimum absolute atomic E-state index is 0.117. The number of hydrogen-bond acceptors (Lipinski definition) is 3. The lowest BCUT2D eigenvalue weighted by Crippen LogP contribution is -2.47. The van der Waals surface area contributed by atoms with Crippen LogP contribution < -0.4 is 15.0 Å². The Morgan fingerprint density at radius 1 is 0.949 bits per heavy atom. The molecule has 4 rings (SSSR count). The number of benzene rings is 3. The monoisotopic (exact) mass is 546 g/mol. The average Bonchev–Trinajstić information content (AvgIpc) is 2.96. The van der Waals surface area contributed by atoms with Crippen molar-refractivity contribution >= 4 is 29.1 Å². The maximum absolute atomic E-state index is 14.1. The number of ether oxygens (including phenoxy) is 1. The minimum Gasteiger partial charge on any atom is -0.497 e. The van der Waals surface area contributed by atoms with Gasteiger partial charge < -0.3 is 10.1 Å². The van der Waals surface area contributed by atoms with Crippen molar-refractivity contribution in [2.24, 2.45) is 0 Å². The highest BCUT2D eigenvalue weighted by molar-refractivity contribution is 6.30. The van der Waals surface area contributed by atoms with E-state index in [2.05, 4.69) is 19.2 Å². The van der Waals surface area contributed by atoms with Gasteiger partial charge in [0.2, 0.25) is 11.8 Å². The SMILES string of the molecule is COc1cccc(CCC(=O)N(c2ccc(C(C)C)cc2)C(C(=O)NC2CCCCC2)c2ccc(Cl)cc2)c1. The van der Waals surface area contributed by atoms with Crippen LogP contribution in [0.25, 0.3) is 0 Å². The van der Waals surface area contributed by atoms with Crippen molar-refractivity contribution in [2.75, 3.05) is 12.0 Å². The summed E-state index contributed by atoms with van der Waals surface area (Å²) >= 11 is 6.21. The zero-order chi connectivity index (χ0) is 27.8. The molecule has 6 heteroatoms. The van der Waals surface area contributed by atoms with E-state index in [1.54, 1.807) is 24.1 Å². The molecular formula is C33H39ClN2O3. The Morgan fingerprint density at radius 3 is 2.26 bits per heavy atom. The molecular weight excluding hydrogens is 508 g/mol. The predicted octanol–water partition coefficient (Wildman–Crippen LogP) is 7.63. The topological polar surface area (TPSA) is 58.6 Å². The largest absolute Gasteiger partial charge is 0.497 e. The summed E-state index contributed by atoms with van der Waals surface area (Å²) in [5.41, 5.74) is 3.62. The number of rotatable bonds is 10. The van der Waals surface area contributed by atoms with Gasteiger partial charge in [-0.1, -0.05) is 81.1 Å². The normalized spacial score (nSPS) is 14.6. The van der Waals surface area contributed by atoms with Gasteiger partial charge in [0.15, 0.2) is 0 Å². The fourth-order valence-electron chi connectivity index (χ4n) is 5.25. The van der Waals surface area contributed by atoms with Crippen LogP contribution in [0.5, 0.6) is 5.75 Å². The molecule has 0 spiro atoms. The Bertz CT molecular complexity index is 1230. The summed E-state index contributed by atoms with van der Waals surface area (Å²) in [7, 11) is 1.63. The maximum atomic E-state index is 14.1. The molecule has 1 N–H and O–H groups in total. The molecule has 1 aliphatic rings. The van der Waals surface area contributed by atoms with Crippen LogP contribution >= 0.6 is 11.6 Å². The summed E-state index contributed by atoms with van der Waals surface area (Å²) < 4.78 is 5.36. The number of anilines is 1. The number of halogens is 1. The Labute approximate surface area is 237 Å². The number of hydrogen-bond donors (Lipinski definition) is 1. The number of nitrogens with zero attached hydrogens (tertiary/aromatic N) is 1. The van der Waals surface area contributed by atoms with Gasteiger partial charge in [-0.15, -0.1) is 0 Å². The van der Waals surface area contributed by atoms with Crippen LogP contribution in [0.15, 0.2) is 72.8 Å². The highest BCUT2D eigenvalue weighted by atomic mass is 35.5. The van der Waals surface area contributed by atoms with Crippen molar-refractivity contribution < 1.29 is 14.3 Å². The average molecular weight is 547 g/mol. The summed E-state index contributed by atoms with van der Waals surface area (Å²) in [5.74, 6) is 0.839. The predicted molar refractivity (Wildman–Crippen MR) is 159 cm³/mol. The van der Waals surface area contributed by atoms with Gasteiger partial charge in [-0.2, -0.15) is 0 Å². The van der Waals surface area contributed by atoms with Crippen LogP contribution in [0.1, 0.15) is 81.0 Å². The lowest BCUT2D eigenvalue weighted by Gasteiger charge is -2.34. The first-order valence-electron chi connectivity index (χ1n) is 14.0. The van der Waals surface area contributed by atoms with Gasteiger partial charge in [0.05, 0.1) is 7.11 Å². The lowest BCUT2D eigenvalue weighted by molar-refractivity contribution is -0.127. The number of methoxy groups -OCH3 is 1. The summed E-state index contributed by atoms with van der Waals surface area (Å²) in [6.07, 6.45) is 6.13. The summed E-state index contributed by atoms with van der Waals surface area (Å²) in [6, 6.07) is 22.3. The molecule has 1 atom stereocenters. The van der Waals surface area contributed by atoms with Crippen molar-refractivity contribution in [3.05, 3.63) is 94.5 Å². The van der Waals surface area contributed by atoms with Gasteiger partial charge in [-0.3, -0.25) is 14.5 Å².